The first kappa shape index (κ1) is 14.4. The van der Waals surface area contributed by atoms with E-state index in [4.69, 9.17) is 5.11 Å². The molecule has 0 atom stereocenters. The maximum absolute atomic E-state index is 13.6. The first-order chi connectivity index (χ1) is 8.45. The lowest BCUT2D eigenvalue weighted by molar-refractivity contribution is 0.0697. The standard InChI is InChI=1S/C11H9FINO4/c1-2-3-18-11(17)14-9-7(10(15)16)4-6(13)5-8(9)12/h2,4-5H,1,3H2,(H,14,17)(H,15,16). The van der Waals surface area contributed by atoms with Crippen molar-refractivity contribution in [3.8, 4) is 0 Å². The summed E-state index contributed by atoms with van der Waals surface area (Å²) in [4.78, 5) is 22.2. The van der Waals surface area contributed by atoms with Crippen LogP contribution in [0.15, 0.2) is 24.8 Å². The molecule has 0 aliphatic carbocycles. The molecule has 0 fully saturated rings. The van der Waals surface area contributed by atoms with Gasteiger partial charge in [-0.15, -0.1) is 0 Å². The zero-order valence-electron chi connectivity index (χ0n) is 9.07. The molecule has 0 saturated heterocycles. The zero-order valence-corrected chi connectivity index (χ0v) is 11.2. The lowest BCUT2D eigenvalue weighted by Crippen LogP contribution is -2.17. The summed E-state index contributed by atoms with van der Waals surface area (Å²) in [5.41, 5.74) is -0.757. The fourth-order valence-corrected chi connectivity index (χ4v) is 1.73. The van der Waals surface area contributed by atoms with Crippen LogP contribution < -0.4 is 5.32 Å². The Morgan fingerprint density at radius 2 is 2.22 bits per heavy atom. The molecule has 7 heteroatoms. The Morgan fingerprint density at radius 3 is 2.78 bits per heavy atom. The Balaban J connectivity index is 3.03. The fraction of sp³-hybridized carbons (Fsp3) is 0.0909. The molecule has 0 aromatic heterocycles. The van der Waals surface area contributed by atoms with Crippen molar-refractivity contribution in [3.63, 3.8) is 0 Å². The first-order valence-corrected chi connectivity index (χ1v) is 5.80. The third kappa shape index (κ3) is 3.69. The van der Waals surface area contributed by atoms with Crippen LogP contribution in [0.3, 0.4) is 0 Å². The molecule has 1 amide bonds. The summed E-state index contributed by atoms with van der Waals surface area (Å²) in [6.07, 6.45) is 0.389. The number of rotatable bonds is 4. The van der Waals surface area contributed by atoms with E-state index in [1.54, 1.807) is 22.6 Å². The van der Waals surface area contributed by atoms with Gasteiger partial charge in [-0.05, 0) is 34.7 Å². The first-order valence-electron chi connectivity index (χ1n) is 4.72. The highest BCUT2D eigenvalue weighted by molar-refractivity contribution is 14.1. The van der Waals surface area contributed by atoms with Crippen molar-refractivity contribution in [1.29, 1.82) is 0 Å². The van der Waals surface area contributed by atoms with E-state index in [-0.39, 0.29) is 12.2 Å². The number of halogens is 2. The van der Waals surface area contributed by atoms with Crippen LogP contribution in [0.4, 0.5) is 14.9 Å². The number of carboxylic acid groups (broad SMARTS) is 1. The summed E-state index contributed by atoms with van der Waals surface area (Å²) >= 11 is 1.78. The molecule has 2 N–H and O–H groups in total. The van der Waals surface area contributed by atoms with Crippen LogP contribution in [0.1, 0.15) is 10.4 Å². The molecule has 0 heterocycles. The van der Waals surface area contributed by atoms with Crippen molar-refractivity contribution in [1.82, 2.24) is 0 Å². The highest BCUT2D eigenvalue weighted by Crippen LogP contribution is 2.23. The minimum Gasteiger partial charge on any atom is -0.478 e. The van der Waals surface area contributed by atoms with Gasteiger partial charge in [-0.3, -0.25) is 5.32 Å². The van der Waals surface area contributed by atoms with Gasteiger partial charge in [0.05, 0.1) is 11.3 Å². The number of anilines is 1. The summed E-state index contributed by atoms with van der Waals surface area (Å²) in [6.45, 7) is 3.29. The van der Waals surface area contributed by atoms with Crippen molar-refractivity contribution in [3.05, 3.63) is 39.7 Å². The monoisotopic (exact) mass is 365 g/mol. The third-order valence-corrected chi connectivity index (χ3v) is 2.47. The number of benzene rings is 1. The molecule has 0 aliphatic rings. The molecule has 0 radical (unpaired) electrons. The molecule has 0 bridgehead atoms. The minimum atomic E-state index is -1.34. The molecule has 1 rings (SSSR count). The number of hydrogen-bond acceptors (Lipinski definition) is 3. The molecule has 96 valence electrons. The van der Waals surface area contributed by atoms with E-state index in [1.807, 2.05) is 0 Å². The number of amides is 1. The predicted octanol–water partition coefficient (Wildman–Crippen LogP) is 2.86. The van der Waals surface area contributed by atoms with Gasteiger partial charge in [0.2, 0.25) is 0 Å². The topological polar surface area (TPSA) is 75.6 Å². The van der Waals surface area contributed by atoms with Crippen molar-refractivity contribution < 1.29 is 23.8 Å². The average Bonchev–Trinajstić information content (AvgIpc) is 2.29. The highest BCUT2D eigenvalue weighted by atomic mass is 127. The number of carbonyl (C=O) groups excluding carboxylic acids is 1. The maximum atomic E-state index is 13.6. The largest absolute Gasteiger partial charge is 0.478 e. The van der Waals surface area contributed by atoms with Gasteiger partial charge in [-0.1, -0.05) is 12.7 Å². The van der Waals surface area contributed by atoms with Gasteiger partial charge < -0.3 is 9.84 Å². The van der Waals surface area contributed by atoms with Gasteiger partial charge in [0.25, 0.3) is 0 Å². The summed E-state index contributed by atoms with van der Waals surface area (Å²) in [6, 6.07) is 2.35. The normalized spacial score (nSPS) is 9.67. The quantitative estimate of drug-likeness (QED) is 0.636. The average molecular weight is 365 g/mol. The molecule has 18 heavy (non-hydrogen) atoms. The maximum Gasteiger partial charge on any atom is 0.412 e. The zero-order chi connectivity index (χ0) is 13.7. The predicted molar refractivity (Wildman–Crippen MR) is 71.2 cm³/mol. The van der Waals surface area contributed by atoms with Gasteiger partial charge in [0.15, 0.2) is 0 Å². The number of ether oxygens (including phenoxy) is 1. The minimum absolute atomic E-state index is 0.0553. The number of carbonyl (C=O) groups is 2. The van der Waals surface area contributed by atoms with Crippen molar-refractivity contribution in [2.45, 2.75) is 0 Å². The van der Waals surface area contributed by atoms with E-state index in [1.165, 1.54) is 12.1 Å². The van der Waals surface area contributed by atoms with Gasteiger partial charge >= 0.3 is 12.1 Å². The van der Waals surface area contributed by atoms with Crippen LogP contribution in [-0.4, -0.2) is 23.8 Å². The number of hydrogen-bond donors (Lipinski definition) is 2. The Bertz CT molecular complexity index is 504. The molecule has 1 aromatic carbocycles. The summed E-state index contributed by atoms with van der Waals surface area (Å²) in [7, 11) is 0. The summed E-state index contributed by atoms with van der Waals surface area (Å²) in [5.74, 6) is -2.18. The lowest BCUT2D eigenvalue weighted by Gasteiger charge is -2.10. The molecular formula is C11H9FINO4. The second-order valence-corrected chi connectivity index (χ2v) is 4.37. The van der Waals surface area contributed by atoms with E-state index in [0.717, 1.165) is 6.07 Å². The van der Waals surface area contributed by atoms with E-state index < -0.39 is 23.6 Å². The van der Waals surface area contributed by atoms with E-state index in [2.05, 4.69) is 16.6 Å². The molecule has 5 nitrogen and oxygen atoms in total. The van der Waals surface area contributed by atoms with Crippen LogP contribution in [0.2, 0.25) is 0 Å². The van der Waals surface area contributed by atoms with Crippen molar-refractivity contribution in [2.24, 2.45) is 0 Å². The fourth-order valence-electron chi connectivity index (χ4n) is 1.14. The molecule has 0 saturated carbocycles. The summed E-state index contributed by atoms with van der Waals surface area (Å²) in [5, 5.41) is 11.0. The third-order valence-electron chi connectivity index (χ3n) is 1.84. The van der Waals surface area contributed by atoms with E-state index >= 15 is 0 Å². The summed E-state index contributed by atoms with van der Waals surface area (Å²) < 4.78 is 18.6. The SMILES string of the molecule is C=CCOC(=O)Nc1c(F)cc(I)cc1C(=O)O. The molecular weight excluding hydrogens is 356 g/mol. The van der Waals surface area contributed by atoms with E-state index in [0.29, 0.717) is 3.57 Å². The van der Waals surface area contributed by atoms with Crippen molar-refractivity contribution in [2.75, 3.05) is 11.9 Å². The lowest BCUT2D eigenvalue weighted by atomic mass is 10.1. The van der Waals surface area contributed by atoms with Crippen LogP contribution in [0.25, 0.3) is 0 Å². The second kappa shape index (κ2) is 6.34. The second-order valence-electron chi connectivity index (χ2n) is 3.13. The van der Waals surface area contributed by atoms with Crippen LogP contribution in [0.5, 0.6) is 0 Å². The van der Waals surface area contributed by atoms with Gasteiger partial charge in [0.1, 0.15) is 12.4 Å². The Labute approximate surface area is 116 Å². The number of aromatic carboxylic acids is 1. The van der Waals surface area contributed by atoms with Gasteiger partial charge in [0, 0.05) is 3.57 Å². The van der Waals surface area contributed by atoms with E-state index in [9.17, 15) is 14.0 Å². The Morgan fingerprint density at radius 1 is 1.56 bits per heavy atom. The number of carboxylic acids is 1. The molecule has 1 aromatic rings. The Hall–Kier alpha value is -1.64. The smallest absolute Gasteiger partial charge is 0.412 e. The van der Waals surface area contributed by atoms with Gasteiger partial charge in [-0.25, -0.2) is 14.0 Å². The van der Waals surface area contributed by atoms with Gasteiger partial charge in [-0.2, -0.15) is 0 Å². The Kier molecular flexibility index (Phi) is 5.08. The number of nitrogens with one attached hydrogen (secondary N) is 1. The molecule has 0 spiro atoms. The van der Waals surface area contributed by atoms with Crippen LogP contribution >= 0.6 is 22.6 Å². The van der Waals surface area contributed by atoms with Crippen molar-refractivity contribution >= 4 is 40.3 Å². The van der Waals surface area contributed by atoms with Crippen LogP contribution in [-0.2, 0) is 4.74 Å². The van der Waals surface area contributed by atoms with Crippen LogP contribution in [0, 0.1) is 9.39 Å². The molecule has 0 aliphatic heterocycles. The highest BCUT2D eigenvalue weighted by Gasteiger charge is 2.18. The molecule has 0 unspecified atom stereocenters.